The normalized spacial score (nSPS) is 18.6. The first-order valence-electron chi connectivity index (χ1n) is 13.3. The minimum absolute atomic E-state index is 0.151. The molecule has 1 saturated heterocycles. The summed E-state index contributed by atoms with van der Waals surface area (Å²) in [5, 5.41) is 1.08. The highest BCUT2D eigenvalue weighted by molar-refractivity contribution is 14.1. The second-order valence-electron chi connectivity index (χ2n) is 10.4. The molecule has 0 saturated carbocycles. The Morgan fingerprint density at radius 2 is 1.60 bits per heavy atom. The van der Waals surface area contributed by atoms with Crippen molar-refractivity contribution in [3.05, 3.63) is 91.0 Å². The number of piperazine rings is 1. The molecule has 40 heavy (non-hydrogen) atoms. The lowest BCUT2D eigenvalue weighted by molar-refractivity contribution is -0.123. The topological polar surface area (TPSA) is 73.1 Å². The molecule has 1 fully saturated rings. The molecule has 2 aliphatic rings. The lowest BCUT2D eigenvalue weighted by Gasteiger charge is -2.34. The van der Waals surface area contributed by atoms with Gasteiger partial charge in [-0.05, 0) is 96.2 Å². The van der Waals surface area contributed by atoms with Gasteiger partial charge in [0.25, 0.3) is 11.8 Å². The largest absolute Gasteiger partial charge is 0.398 e. The Balaban J connectivity index is 1.53. The number of nitrogens with two attached hydrogens (primary N) is 1. The van der Waals surface area contributed by atoms with Gasteiger partial charge in [-0.15, -0.1) is 0 Å². The van der Waals surface area contributed by atoms with E-state index in [1.54, 1.807) is 34.1 Å². The van der Waals surface area contributed by atoms with Crippen LogP contribution in [0.1, 0.15) is 33.9 Å². The zero-order chi connectivity index (χ0) is 28.4. The molecule has 0 bridgehead atoms. The fraction of sp³-hybridized carbons (Fsp3) is 0.333. The zero-order valence-electron chi connectivity index (χ0n) is 22.3. The maximum atomic E-state index is 14.5. The van der Waals surface area contributed by atoms with Gasteiger partial charge in [0.15, 0.2) is 0 Å². The third kappa shape index (κ3) is 6.41. The molecule has 3 aromatic rings. The third-order valence-corrected chi connectivity index (χ3v) is 8.80. The monoisotopic (exact) mass is 691 g/mol. The fourth-order valence-corrected chi connectivity index (χ4v) is 6.16. The summed E-state index contributed by atoms with van der Waals surface area (Å²) in [7, 11) is 2.14. The minimum Gasteiger partial charge on any atom is -0.398 e. The summed E-state index contributed by atoms with van der Waals surface area (Å²) in [6, 6.07) is 17.2. The Morgan fingerprint density at radius 1 is 0.900 bits per heavy atom. The van der Waals surface area contributed by atoms with Crippen molar-refractivity contribution in [3.63, 3.8) is 0 Å². The summed E-state index contributed by atoms with van der Waals surface area (Å²) in [4.78, 5) is 37.0. The number of carbonyl (C=O) groups is 2. The Bertz CT molecular complexity index is 1400. The van der Waals surface area contributed by atoms with Crippen molar-refractivity contribution in [1.29, 1.82) is 0 Å². The van der Waals surface area contributed by atoms with Crippen LogP contribution in [0.25, 0.3) is 0 Å². The number of rotatable bonds is 7. The molecule has 0 aromatic heterocycles. The molecule has 1 atom stereocenters. The molecule has 2 aliphatic heterocycles. The van der Waals surface area contributed by atoms with Crippen LogP contribution in [-0.2, 0) is 11.3 Å². The van der Waals surface area contributed by atoms with Gasteiger partial charge in [-0.1, -0.05) is 41.4 Å². The van der Waals surface area contributed by atoms with Crippen molar-refractivity contribution in [3.8, 4) is 0 Å². The number of fused-ring (bicyclic) bond motifs is 1. The van der Waals surface area contributed by atoms with Crippen molar-refractivity contribution in [1.82, 2.24) is 14.7 Å². The van der Waals surface area contributed by atoms with Crippen LogP contribution in [-0.4, -0.2) is 72.8 Å². The SMILES string of the molecule is CN1CCN(CCCN2C(=O)[C@H](c3ccc(Cl)cc3)N(Cc3ccc(Cl)cc3N)C(=O)c3cc(I)ccc32)CC1. The van der Waals surface area contributed by atoms with Crippen molar-refractivity contribution in [2.75, 3.05) is 56.9 Å². The highest BCUT2D eigenvalue weighted by atomic mass is 127. The van der Waals surface area contributed by atoms with Crippen LogP contribution >= 0.6 is 45.8 Å². The van der Waals surface area contributed by atoms with Crippen LogP contribution in [0, 0.1) is 3.57 Å². The van der Waals surface area contributed by atoms with E-state index in [2.05, 4.69) is 39.4 Å². The van der Waals surface area contributed by atoms with Crippen molar-refractivity contribution in [2.45, 2.75) is 19.0 Å². The smallest absolute Gasteiger partial charge is 0.257 e. The summed E-state index contributed by atoms with van der Waals surface area (Å²) in [5.74, 6) is -0.376. The van der Waals surface area contributed by atoms with Crippen molar-refractivity contribution in [2.24, 2.45) is 0 Å². The molecule has 7 nitrogen and oxygen atoms in total. The van der Waals surface area contributed by atoms with Crippen molar-refractivity contribution < 1.29 is 9.59 Å². The molecular formula is C30H32Cl2IN5O2. The number of amides is 2. The van der Waals surface area contributed by atoms with Gasteiger partial charge in [0, 0.05) is 58.6 Å². The zero-order valence-corrected chi connectivity index (χ0v) is 26.0. The number of hydrogen-bond acceptors (Lipinski definition) is 5. The molecular weight excluding hydrogens is 660 g/mol. The number of benzene rings is 3. The molecule has 3 aromatic carbocycles. The Labute approximate surface area is 258 Å². The highest BCUT2D eigenvalue weighted by Gasteiger charge is 2.40. The van der Waals surface area contributed by atoms with E-state index in [1.165, 1.54) is 0 Å². The Hall–Kier alpha value is -2.37. The number of nitrogens with zero attached hydrogens (tertiary/aromatic N) is 4. The van der Waals surface area contributed by atoms with E-state index in [9.17, 15) is 9.59 Å². The van der Waals surface area contributed by atoms with Gasteiger partial charge in [0.1, 0.15) is 6.04 Å². The first-order valence-corrected chi connectivity index (χ1v) is 15.2. The minimum atomic E-state index is -0.853. The van der Waals surface area contributed by atoms with E-state index in [4.69, 9.17) is 28.9 Å². The number of anilines is 2. The third-order valence-electron chi connectivity index (χ3n) is 7.64. The predicted octanol–water partition coefficient (Wildman–Crippen LogP) is 5.55. The van der Waals surface area contributed by atoms with Crippen LogP contribution in [0.2, 0.25) is 10.0 Å². The summed E-state index contributed by atoms with van der Waals surface area (Å²) in [5.41, 5.74) is 9.34. The summed E-state index contributed by atoms with van der Waals surface area (Å²) in [6.07, 6.45) is 0.798. The second-order valence-corrected chi connectivity index (χ2v) is 12.5. The van der Waals surface area contributed by atoms with Crippen LogP contribution in [0.15, 0.2) is 60.7 Å². The van der Waals surface area contributed by atoms with Gasteiger partial charge in [0.05, 0.1) is 11.3 Å². The lowest BCUT2D eigenvalue weighted by atomic mass is 10.0. The number of halogens is 3. The van der Waals surface area contributed by atoms with Crippen molar-refractivity contribution >= 4 is 69.0 Å². The van der Waals surface area contributed by atoms with Gasteiger partial charge in [-0.3, -0.25) is 9.59 Å². The van der Waals surface area contributed by atoms with Gasteiger partial charge >= 0.3 is 0 Å². The van der Waals surface area contributed by atoms with Crippen LogP contribution in [0.4, 0.5) is 11.4 Å². The summed E-state index contributed by atoms with van der Waals surface area (Å²) >= 11 is 14.6. The highest BCUT2D eigenvalue weighted by Crippen LogP contribution is 2.37. The van der Waals surface area contributed by atoms with Crippen LogP contribution in [0.3, 0.4) is 0 Å². The maximum absolute atomic E-state index is 14.5. The fourth-order valence-electron chi connectivity index (χ4n) is 5.37. The first-order chi connectivity index (χ1) is 19.2. The average molecular weight is 692 g/mol. The standard InChI is InChI=1S/C30H32Cl2IN5O2/c1-35-13-15-36(16-14-35)11-2-12-37-27-10-9-24(33)18-25(27)29(39)38(19-21-5-8-23(32)17-26(21)34)28(30(37)40)20-3-6-22(31)7-4-20/h3-10,17-18,28H,2,11-16,19,34H2,1H3/t28-/m0/s1. The molecule has 10 heteroatoms. The van der Waals surface area contributed by atoms with E-state index in [1.807, 2.05) is 36.4 Å². The van der Waals surface area contributed by atoms with Gasteiger partial charge in [0.2, 0.25) is 0 Å². The Morgan fingerprint density at radius 3 is 2.30 bits per heavy atom. The van der Waals surface area contributed by atoms with Gasteiger partial charge in [-0.25, -0.2) is 0 Å². The van der Waals surface area contributed by atoms with E-state index in [0.717, 1.165) is 48.3 Å². The van der Waals surface area contributed by atoms with Crippen LogP contribution in [0.5, 0.6) is 0 Å². The van der Waals surface area contributed by atoms with E-state index < -0.39 is 6.04 Å². The molecule has 0 unspecified atom stereocenters. The van der Waals surface area contributed by atoms with Crippen LogP contribution < -0.4 is 10.6 Å². The number of nitrogen functional groups attached to an aromatic ring is 1. The molecule has 0 aliphatic carbocycles. The molecule has 5 rings (SSSR count). The maximum Gasteiger partial charge on any atom is 0.257 e. The first kappa shape index (κ1) is 29.1. The van der Waals surface area contributed by atoms with E-state index in [-0.39, 0.29) is 18.4 Å². The molecule has 210 valence electrons. The molecule has 0 spiro atoms. The molecule has 2 amide bonds. The number of carbonyl (C=O) groups excluding carboxylic acids is 2. The quantitative estimate of drug-likeness (QED) is 0.260. The molecule has 0 radical (unpaired) electrons. The predicted molar refractivity (Wildman–Crippen MR) is 170 cm³/mol. The number of likely N-dealkylation sites (N-methyl/N-ethyl adjacent to an activating group) is 1. The van der Waals surface area contributed by atoms with E-state index >= 15 is 0 Å². The Kier molecular flexibility index (Phi) is 9.21. The van der Waals surface area contributed by atoms with Gasteiger partial charge < -0.3 is 25.3 Å². The lowest BCUT2D eigenvalue weighted by Crippen LogP contribution is -2.46. The average Bonchev–Trinajstić information content (AvgIpc) is 3.01. The number of hydrogen-bond donors (Lipinski definition) is 1. The second kappa shape index (κ2) is 12.7. The molecule has 2 N–H and O–H groups in total. The van der Waals surface area contributed by atoms with E-state index in [0.29, 0.717) is 39.1 Å². The molecule has 2 heterocycles. The van der Waals surface area contributed by atoms with Gasteiger partial charge in [-0.2, -0.15) is 0 Å². The summed E-state index contributed by atoms with van der Waals surface area (Å²) in [6.45, 7) is 5.67. The summed E-state index contributed by atoms with van der Waals surface area (Å²) < 4.78 is 0.922.